The Bertz CT molecular complexity index is 193. The lowest BCUT2D eigenvalue weighted by atomic mass is 10.3. The van der Waals surface area contributed by atoms with Crippen LogP contribution in [0.25, 0.3) is 0 Å². The molecular formula is C9H19N3O. The van der Waals surface area contributed by atoms with E-state index in [1.807, 2.05) is 19.0 Å². The predicted molar refractivity (Wildman–Crippen MR) is 52.3 cm³/mol. The average molecular weight is 185 g/mol. The highest BCUT2D eigenvalue weighted by Crippen LogP contribution is 2.10. The van der Waals surface area contributed by atoms with E-state index in [4.69, 9.17) is 5.73 Å². The van der Waals surface area contributed by atoms with Gasteiger partial charge in [-0.1, -0.05) is 0 Å². The molecule has 0 spiro atoms. The molecule has 1 rings (SSSR count). The monoisotopic (exact) mass is 185 g/mol. The number of hydrogen-bond donors (Lipinski definition) is 1. The molecule has 0 bridgehead atoms. The number of likely N-dealkylation sites (tertiary alicyclic amines) is 1. The highest BCUT2D eigenvalue weighted by molar-refractivity contribution is 5.83. The van der Waals surface area contributed by atoms with Crippen LogP contribution in [0.15, 0.2) is 0 Å². The van der Waals surface area contributed by atoms with Crippen molar-refractivity contribution >= 4 is 5.91 Å². The third-order valence-electron chi connectivity index (χ3n) is 2.71. The van der Waals surface area contributed by atoms with E-state index in [9.17, 15) is 4.79 Å². The van der Waals surface area contributed by atoms with Gasteiger partial charge < -0.3 is 15.5 Å². The Kier molecular flexibility index (Phi) is 3.27. The zero-order chi connectivity index (χ0) is 10.0. The van der Waals surface area contributed by atoms with Crippen LogP contribution in [0, 0.1) is 0 Å². The van der Waals surface area contributed by atoms with E-state index >= 15 is 0 Å². The van der Waals surface area contributed by atoms with E-state index in [-0.39, 0.29) is 11.9 Å². The number of rotatable bonds is 3. The molecular weight excluding hydrogens is 166 g/mol. The van der Waals surface area contributed by atoms with Gasteiger partial charge in [0.05, 0.1) is 6.04 Å². The molecule has 1 heterocycles. The van der Waals surface area contributed by atoms with E-state index in [2.05, 4.69) is 11.8 Å². The summed E-state index contributed by atoms with van der Waals surface area (Å²) in [6, 6.07) is 0.142. The van der Waals surface area contributed by atoms with Gasteiger partial charge in [-0.15, -0.1) is 0 Å². The number of nitrogens with two attached hydrogens (primary N) is 1. The van der Waals surface area contributed by atoms with Crippen molar-refractivity contribution in [1.82, 2.24) is 9.80 Å². The van der Waals surface area contributed by atoms with E-state index < -0.39 is 0 Å². The van der Waals surface area contributed by atoms with Crippen molar-refractivity contribution in [3.8, 4) is 0 Å². The molecule has 1 aliphatic heterocycles. The van der Waals surface area contributed by atoms with E-state index in [1.54, 1.807) is 0 Å². The normalized spacial score (nSPS) is 25.8. The Morgan fingerprint density at radius 1 is 1.69 bits per heavy atom. The molecule has 1 saturated heterocycles. The molecule has 1 amide bonds. The van der Waals surface area contributed by atoms with Gasteiger partial charge in [0.1, 0.15) is 0 Å². The smallest absolute Gasteiger partial charge is 0.239 e. The summed E-state index contributed by atoms with van der Waals surface area (Å²) in [5.74, 6) is 0.105. The van der Waals surface area contributed by atoms with E-state index in [1.165, 1.54) is 0 Å². The van der Waals surface area contributed by atoms with Gasteiger partial charge in [-0.2, -0.15) is 0 Å². The fourth-order valence-corrected chi connectivity index (χ4v) is 1.43. The Hall–Kier alpha value is -0.610. The topological polar surface area (TPSA) is 49.6 Å². The van der Waals surface area contributed by atoms with Crippen molar-refractivity contribution in [3.63, 3.8) is 0 Å². The molecule has 0 aromatic rings. The molecule has 1 fully saturated rings. The summed E-state index contributed by atoms with van der Waals surface area (Å²) < 4.78 is 0. The third-order valence-corrected chi connectivity index (χ3v) is 2.71. The lowest BCUT2D eigenvalue weighted by Crippen LogP contribution is -2.41. The maximum Gasteiger partial charge on any atom is 0.239 e. The molecule has 0 aromatic carbocycles. The summed E-state index contributed by atoms with van der Waals surface area (Å²) in [6.07, 6.45) is 0.805. The summed E-state index contributed by atoms with van der Waals surface area (Å²) in [4.78, 5) is 15.4. The number of hydrogen-bond acceptors (Lipinski definition) is 3. The Morgan fingerprint density at radius 3 is 2.69 bits per heavy atom. The molecule has 2 N–H and O–H groups in total. The van der Waals surface area contributed by atoms with Crippen LogP contribution in [0.5, 0.6) is 0 Å². The zero-order valence-electron chi connectivity index (χ0n) is 8.66. The molecule has 76 valence electrons. The predicted octanol–water partition coefficient (Wildman–Crippen LogP) is -0.504. The van der Waals surface area contributed by atoms with Crippen LogP contribution in [0.3, 0.4) is 0 Å². The molecule has 0 aliphatic carbocycles. The maximum absolute atomic E-state index is 11.4. The summed E-state index contributed by atoms with van der Waals surface area (Å²) in [7, 11) is 4.04. The van der Waals surface area contributed by atoms with E-state index in [0.29, 0.717) is 6.04 Å². The fraction of sp³-hybridized carbons (Fsp3) is 0.889. The number of carbonyl (C=O) groups is 1. The standard InChI is InChI=1S/C9H19N3O/c1-7(11(2)3)6-12-5-4-8(10)9(12)13/h7-8H,4-6,10H2,1-3H3. The summed E-state index contributed by atoms with van der Waals surface area (Å²) >= 11 is 0. The molecule has 2 atom stereocenters. The third kappa shape index (κ3) is 2.42. The molecule has 0 radical (unpaired) electrons. The van der Waals surface area contributed by atoms with Gasteiger partial charge in [0.2, 0.25) is 5.91 Å². The first-order valence-electron chi connectivity index (χ1n) is 4.73. The van der Waals surface area contributed by atoms with Gasteiger partial charge in [-0.05, 0) is 27.4 Å². The molecule has 4 heteroatoms. The highest BCUT2D eigenvalue weighted by Gasteiger charge is 2.29. The van der Waals surface area contributed by atoms with Gasteiger partial charge in [0.25, 0.3) is 0 Å². The second kappa shape index (κ2) is 4.07. The fourth-order valence-electron chi connectivity index (χ4n) is 1.43. The molecule has 0 saturated carbocycles. The van der Waals surface area contributed by atoms with Gasteiger partial charge in [0.15, 0.2) is 0 Å². The van der Waals surface area contributed by atoms with Crippen molar-refractivity contribution in [1.29, 1.82) is 0 Å². The molecule has 0 aromatic heterocycles. The molecule has 1 aliphatic rings. The van der Waals surface area contributed by atoms with Crippen molar-refractivity contribution in [2.24, 2.45) is 5.73 Å². The van der Waals surface area contributed by atoms with Gasteiger partial charge in [-0.3, -0.25) is 4.79 Å². The Labute approximate surface area is 79.7 Å². The first-order chi connectivity index (χ1) is 6.02. The summed E-state index contributed by atoms with van der Waals surface area (Å²) in [5, 5.41) is 0. The number of nitrogens with zero attached hydrogens (tertiary/aromatic N) is 2. The van der Waals surface area contributed by atoms with Crippen LogP contribution in [-0.4, -0.2) is 55.0 Å². The Balaban J connectivity index is 2.42. The van der Waals surface area contributed by atoms with Crippen molar-refractivity contribution in [2.75, 3.05) is 27.2 Å². The lowest BCUT2D eigenvalue weighted by Gasteiger charge is -2.25. The van der Waals surface area contributed by atoms with Gasteiger partial charge >= 0.3 is 0 Å². The average Bonchev–Trinajstić information content (AvgIpc) is 2.36. The molecule has 13 heavy (non-hydrogen) atoms. The zero-order valence-corrected chi connectivity index (χ0v) is 8.66. The van der Waals surface area contributed by atoms with Gasteiger partial charge in [-0.25, -0.2) is 0 Å². The summed E-state index contributed by atoms with van der Waals surface area (Å²) in [6.45, 7) is 3.72. The largest absolute Gasteiger partial charge is 0.340 e. The minimum atomic E-state index is -0.255. The highest BCUT2D eigenvalue weighted by atomic mass is 16.2. The SMILES string of the molecule is CC(CN1CCC(N)C1=O)N(C)C. The van der Waals surface area contributed by atoms with Crippen molar-refractivity contribution in [3.05, 3.63) is 0 Å². The molecule has 2 unspecified atom stereocenters. The van der Waals surface area contributed by atoms with Crippen LogP contribution in [0.4, 0.5) is 0 Å². The van der Waals surface area contributed by atoms with Crippen molar-refractivity contribution in [2.45, 2.75) is 25.4 Å². The maximum atomic E-state index is 11.4. The van der Waals surface area contributed by atoms with Crippen molar-refractivity contribution < 1.29 is 4.79 Å². The van der Waals surface area contributed by atoms with E-state index in [0.717, 1.165) is 19.5 Å². The first kappa shape index (κ1) is 10.5. The van der Waals surface area contributed by atoms with Crippen LogP contribution in [0.2, 0.25) is 0 Å². The quantitative estimate of drug-likeness (QED) is 0.644. The lowest BCUT2D eigenvalue weighted by molar-refractivity contribution is -0.129. The van der Waals surface area contributed by atoms with Gasteiger partial charge in [0, 0.05) is 19.1 Å². The second-order valence-electron chi connectivity index (χ2n) is 3.99. The van der Waals surface area contributed by atoms with Crippen LogP contribution >= 0.6 is 0 Å². The summed E-state index contributed by atoms with van der Waals surface area (Å²) in [5.41, 5.74) is 5.62. The number of carbonyl (C=O) groups excluding carboxylic acids is 1. The minimum absolute atomic E-state index is 0.105. The molecule has 4 nitrogen and oxygen atoms in total. The second-order valence-corrected chi connectivity index (χ2v) is 3.99. The Morgan fingerprint density at radius 2 is 2.31 bits per heavy atom. The number of amides is 1. The number of likely N-dealkylation sites (N-methyl/N-ethyl adjacent to an activating group) is 1. The van der Waals surface area contributed by atoms with Crippen LogP contribution in [0.1, 0.15) is 13.3 Å². The van der Waals surface area contributed by atoms with Crippen LogP contribution < -0.4 is 5.73 Å². The minimum Gasteiger partial charge on any atom is -0.340 e. The van der Waals surface area contributed by atoms with Crippen LogP contribution in [-0.2, 0) is 4.79 Å². The first-order valence-corrected chi connectivity index (χ1v) is 4.73.